The van der Waals surface area contributed by atoms with E-state index in [1.165, 1.54) is 12.5 Å². The van der Waals surface area contributed by atoms with Crippen molar-refractivity contribution in [3.8, 4) is 0 Å². The molecule has 1 aromatic heterocycles. The van der Waals surface area contributed by atoms with E-state index < -0.39 is 0 Å². The molecule has 8 heavy (non-hydrogen) atoms. The summed E-state index contributed by atoms with van der Waals surface area (Å²) >= 11 is 0. The van der Waals surface area contributed by atoms with Crippen molar-refractivity contribution in [3.63, 3.8) is 0 Å². The standard InChI is InChI=1S/C6H5O2/c7-3-1-6-2-4-8-5-6/h2,4-5H,1H2. The highest BCUT2D eigenvalue weighted by molar-refractivity contribution is 5.55. The zero-order chi connectivity index (χ0) is 5.82. The Hall–Kier alpha value is -1.05. The van der Waals surface area contributed by atoms with Gasteiger partial charge in [-0.3, -0.25) is 4.79 Å². The minimum absolute atomic E-state index is 0.330. The number of hydrogen-bond donors (Lipinski definition) is 0. The molecule has 1 aromatic rings. The third kappa shape index (κ3) is 0.964. The minimum Gasteiger partial charge on any atom is -0.472 e. The van der Waals surface area contributed by atoms with E-state index in [4.69, 9.17) is 0 Å². The summed E-state index contributed by atoms with van der Waals surface area (Å²) in [5.74, 6) is 0. The van der Waals surface area contributed by atoms with Crippen LogP contribution in [-0.4, -0.2) is 6.29 Å². The molecule has 0 atom stereocenters. The van der Waals surface area contributed by atoms with Crippen LogP contribution in [0.1, 0.15) is 5.56 Å². The first-order chi connectivity index (χ1) is 3.93. The number of hydrogen-bond acceptors (Lipinski definition) is 2. The van der Waals surface area contributed by atoms with E-state index in [1.807, 2.05) is 0 Å². The molecule has 0 spiro atoms. The van der Waals surface area contributed by atoms with Crippen LogP contribution in [0.15, 0.2) is 23.0 Å². The Bertz CT molecular complexity index is 153. The second kappa shape index (κ2) is 2.31. The van der Waals surface area contributed by atoms with Crippen molar-refractivity contribution in [2.75, 3.05) is 0 Å². The molecule has 2 nitrogen and oxygen atoms in total. The molecule has 0 bridgehead atoms. The fraction of sp³-hybridized carbons (Fsp3) is 0.167. The van der Waals surface area contributed by atoms with Crippen LogP contribution < -0.4 is 0 Å². The predicted octanol–water partition coefficient (Wildman–Crippen LogP) is 0.932. The van der Waals surface area contributed by atoms with Gasteiger partial charge in [-0.2, -0.15) is 0 Å². The first-order valence-electron chi connectivity index (χ1n) is 2.29. The highest BCUT2D eigenvalue weighted by Crippen LogP contribution is 1.97. The molecule has 0 saturated carbocycles. The summed E-state index contributed by atoms with van der Waals surface area (Å²) in [4.78, 5) is 9.71. The molecule has 0 aliphatic heterocycles. The van der Waals surface area contributed by atoms with Crippen LogP contribution in [0.5, 0.6) is 0 Å². The van der Waals surface area contributed by atoms with Crippen LogP contribution in [0, 0.1) is 0 Å². The van der Waals surface area contributed by atoms with Crippen LogP contribution in [0.25, 0.3) is 0 Å². The lowest BCUT2D eigenvalue weighted by atomic mass is 10.3. The third-order valence-electron chi connectivity index (χ3n) is 0.856. The zero-order valence-corrected chi connectivity index (χ0v) is 4.26. The van der Waals surface area contributed by atoms with E-state index in [9.17, 15) is 4.79 Å². The monoisotopic (exact) mass is 109 g/mol. The molecule has 0 unspecified atom stereocenters. The summed E-state index contributed by atoms with van der Waals surface area (Å²) in [6.45, 7) is 0. The first-order valence-corrected chi connectivity index (χ1v) is 2.29. The normalized spacial score (nSPS) is 9.00. The van der Waals surface area contributed by atoms with Gasteiger partial charge in [-0.25, -0.2) is 0 Å². The lowest BCUT2D eigenvalue weighted by molar-refractivity contribution is 0.551. The second-order valence-corrected chi connectivity index (χ2v) is 1.45. The molecule has 0 saturated heterocycles. The van der Waals surface area contributed by atoms with Gasteiger partial charge in [0.25, 0.3) is 0 Å². The number of furan rings is 1. The molecule has 1 radical (unpaired) electrons. The minimum atomic E-state index is 0.330. The Morgan fingerprint density at radius 3 is 3.12 bits per heavy atom. The second-order valence-electron chi connectivity index (χ2n) is 1.45. The first kappa shape index (κ1) is 5.09. The molecule has 2 heteroatoms. The summed E-state index contributed by atoms with van der Waals surface area (Å²) in [5.41, 5.74) is 0.875. The van der Waals surface area contributed by atoms with E-state index in [2.05, 4.69) is 4.42 Å². The average molecular weight is 109 g/mol. The van der Waals surface area contributed by atoms with Crippen molar-refractivity contribution >= 4 is 6.29 Å². The Kier molecular flexibility index (Phi) is 1.47. The van der Waals surface area contributed by atoms with Crippen molar-refractivity contribution in [1.82, 2.24) is 0 Å². The van der Waals surface area contributed by atoms with E-state index in [0.717, 1.165) is 5.56 Å². The van der Waals surface area contributed by atoms with Gasteiger partial charge in [0.05, 0.1) is 12.5 Å². The maximum absolute atomic E-state index is 9.71. The van der Waals surface area contributed by atoms with Gasteiger partial charge in [0.15, 0.2) is 0 Å². The summed E-state index contributed by atoms with van der Waals surface area (Å²) in [7, 11) is 0. The smallest absolute Gasteiger partial charge is 0.203 e. The van der Waals surface area contributed by atoms with Gasteiger partial charge in [-0.1, -0.05) is 0 Å². The van der Waals surface area contributed by atoms with Crippen LogP contribution in [-0.2, 0) is 11.2 Å². The maximum Gasteiger partial charge on any atom is 0.203 e. The van der Waals surface area contributed by atoms with Crippen LogP contribution in [0.3, 0.4) is 0 Å². The average Bonchev–Trinajstić information content (AvgIpc) is 2.19. The van der Waals surface area contributed by atoms with Crippen LogP contribution in [0.4, 0.5) is 0 Å². The molecule has 0 aromatic carbocycles. The van der Waals surface area contributed by atoms with E-state index in [-0.39, 0.29) is 0 Å². The lowest BCUT2D eigenvalue weighted by Gasteiger charge is -1.75. The van der Waals surface area contributed by atoms with Gasteiger partial charge in [0, 0.05) is 6.42 Å². The Balaban J connectivity index is 2.62. The fourth-order valence-corrected chi connectivity index (χ4v) is 0.477. The third-order valence-corrected chi connectivity index (χ3v) is 0.856. The van der Waals surface area contributed by atoms with Crippen LogP contribution >= 0.6 is 0 Å². The molecule has 0 amide bonds. The summed E-state index contributed by atoms with van der Waals surface area (Å²) in [6.07, 6.45) is 5.16. The maximum atomic E-state index is 9.71. The largest absolute Gasteiger partial charge is 0.472 e. The molecule has 0 aliphatic carbocycles. The van der Waals surface area contributed by atoms with E-state index >= 15 is 0 Å². The van der Waals surface area contributed by atoms with Crippen molar-refractivity contribution < 1.29 is 9.21 Å². The number of rotatable bonds is 2. The lowest BCUT2D eigenvalue weighted by Crippen LogP contribution is -1.78. The molecule has 1 rings (SSSR count). The Morgan fingerprint density at radius 1 is 1.75 bits per heavy atom. The quantitative estimate of drug-likeness (QED) is 0.565. The molecule has 0 aliphatic rings. The van der Waals surface area contributed by atoms with Gasteiger partial charge >= 0.3 is 0 Å². The van der Waals surface area contributed by atoms with Crippen molar-refractivity contribution in [3.05, 3.63) is 24.2 Å². The van der Waals surface area contributed by atoms with Gasteiger partial charge in [-0.05, 0) is 11.6 Å². The van der Waals surface area contributed by atoms with Gasteiger partial charge < -0.3 is 4.42 Å². The van der Waals surface area contributed by atoms with Crippen molar-refractivity contribution in [2.45, 2.75) is 6.42 Å². The van der Waals surface area contributed by atoms with E-state index in [0.29, 0.717) is 6.42 Å². The highest BCUT2D eigenvalue weighted by Gasteiger charge is 1.89. The summed E-state index contributed by atoms with van der Waals surface area (Å²) in [5, 5.41) is 0. The highest BCUT2D eigenvalue weighted by atomic mass is 16.3. The van der Waals surface area contributed by atoms with Crippen molar-refractivity contribution in [2.24, 2.45) is 0 Å². The molecule has 0 N–H and O–H groups in total. The Labute approximate surface area is 47.1 Å². The summed E-state index contributed by atoms with van der Waals surface area (Å²) in [6, 6.07) is 1.74. The summed E-state index contributed by atoms with van der Waals surface area (Å²) < 4.78 is 4.69. The topological polar surface area (TPSA) is 30.2 Å². The van der Waals surface area contributed by atoms with Crippen LogP contribution in [0.2, 0.25) is 0 Å². The molecule has 41 valence electrons. The molecule has 0 fully saturated rings. The molecule has 1 heterocycles. The van der Waals surface area contributed by atoms with Gasteiger partial charge in [0.2, 0.25) is 6.29 Å². The zero-order valence-electron chi connectivity index (χ0n) is 4.26. The Morgan fingerprint density at radius 2 is 2.62 bits per heavy atom. The molecular weight excluding hydrogens is 104 g/mol. The van der Waals surface area contributed by atoms with E-state index in [1.54, 1.807) is 12.4 Å². The van der Waals surface area contributed by atoms with Gasteiger partial charge in [0.1, 0.15) is 0 Å². The fourth-order valence-electron chi connectivity index (χ4n) is 0.477. The predicted molar refractivity (Wildman–Crippen MR) is 28.1 cm³/mol. The molecular formula is C6H5O2. The van der Waals surface area contributed by atoms with Crippen molar-refractivity contribution in [1.29, 1.82) is 0 Å². The SMILES string of the molecule is O=[C]Cc1ccoc1. The number of carbonyl (C=O) groups excluding carboxylic acids is 1. The van der Waals surface area contributed by atoms with Gasteiger partial charge in [-0.15, -0.1) is 0 Å².